The molecule has 0 radical (unpaired) electrons. The minimum absolute atomic E-state index is 0.427. The molecule has 0 spiro atoms. The summed E-state index contributed by atoms with van der Waals surface area (Å²) in [5.41, 5.74) is 1.78. The molecule has 3 rings (SSSR count). The molecule has 0 saturated heterocycles. The summed E-state index contributed by atoms with van der Waals surface area (Å²) in [6, 6.07) is 8.63. The Kier molecular flexibility index (Phi) is 5.65. The Labute approximate surface area is 156 Å². The van der Waals surface area contributed by atoms with Crippen molar-refractivity contribution in [1.29, 1.82) is 0 Å². The molecule has 142 valence electrons. The maximum absolute atomic E-state index is 13.8. The van der Waals surface area contributed by atoms with Crippen LogP contribution in [0.5, 0.6) is 0 Å². The van der Waals surface area contributed by atoms with Crippen LogP contribution in [0.25, 0.3) is 5.57 Å². The molecule has 1 N–H and O–H groups in total. The average molecular weight is 374 g/mol. The number of benzene rings is 2. The second-order valence-electron chi connectivity index (χ2n) is 6.90. The van der Waals surface area contributed by atoms with E-state index in [4.69, 9.17) is 0 Å². The van der Waals surface area contributed by atoms with E-state index in [1.165, 1.54) is 5.57 Å². The van der Waals surface area contributed by atoms with E-state index >= 15 is 0 Å². The molecule has 2 aromatic carbocycles. The molecule has 2 aromatic rings. The van der Waals surface area contributed by atoms with Crippen LogP contribution >= 0.6 is 0 Å². The lowest BCUT2D eigenvalue weighted by Gasteiger charge is -2.27. The van der Waals surface area contributed by atoms with Gasteiger partial charge in [0.25, 0.3) is 5.91 Å². The number of hydrogen-bond acceptors (Lipinski definition) is 2. The number of carbonyl (C=O) groups is 1. The zero-order chi connectivity index (χ0) is 19.6. The van der Waals surface area contributed by atoms with E-state index in [0.29, 0.717) is 23.9 Å². The number of carbonyl (C=O) groups excluding carboxylic acids is 1. The largest absolute Gasteiger partial charge is 0.322 e. The van der Waals surface area contributed by atoms with Crippen molar-refractivity contribution in [2.45, 2.75) is 25.3 Å². The summed E-state index contributed by atoms with van der Waals surface area (Å²) < 4.78 is 40.6. The molecule has 0 fully saturated rings. The highest BCUT2D eigenvalue weighted by Gasteiger charge is 2.20. The van der Waals surface area contributed by atoms with Crippen LogP contribution in [0.2, 0.25) is 0 Å². The van der Waals surface area contributed by atoms with Crippen molar-refractivity contribution >= 4 is 17.2 Å². The van der Waals surface area contributed by atoms with Crippen LogP contribution in [-0.2, 0) is 0 Å². The van der Waals surface area contributed by atoms with Crippen LogP contribution in [0.3, 0.4) is 0 Å². The fourth-order valence-corrected chi connectivity index (χ4v) is 3.30. The topological polar surface area (TPSA) is 32.3 Å². The van der Waals surface area contributed by atoms with Crippen LogP contribution in [0.15, 0.2) is 42.5 Å². The number of nitrogens with zero attached hydrogens (tertiary/aromatic N) is 1. The zero-order valence-electron chi connectivity index (χ0n) is 15.2. The summed E-state index contributed by atoms with van der Waals surface area (Å²) in [5.74, 6) is -4.48. The predicted molar refractivity (Wildman–Crippen MR) is 100 cm³/mol. The molecule has 0 saturated carbocycles. The Bertz CT molecular complexity index is 870. The first-order valence-corrected chi connectivity index (χ1v) is 8.77. The number of amides is 1. The number of allylic oxidation sites excluding steroid dienone is 1. The van der Waals surface area contributed by atoms with Gasteiger partial charge in [0, 0.05) is 23.9 Å². The molecule has 27 heavy (non-hydrogen) atoms. The Balaban J connectivity index is 1.78. The van der Waals surface area contributed by atoms with Gasteiger partial charge < -0.3 is 10.2 Å². The molecule has 0 aromatic heterocycles. The first-order chi connectivity index (χ1) is 12.8. The van der Waals surface area contributed by atoms with Crippen LogP contribution in [0.4, 0.5) is 18.9 Å². The molecule has 0 aliphatic heterocycles. The van der Waals surface area contributed by atoms with Gasteiger partial charge in [0.1, 0.15) is 23.0 Å². The molecule has 0 heterocycles. The van der Waals surface area contributed by atoms with E-state index in [1.54, 1.807) is 18.2 Å². The lowest BCUT2D eigenvalue weighted by Crippen LogP contribution is -2.28. The maximum Gasteiger partial charge on any atom is 0.261 e. The highest BCUT2D eigenvalue weighted by atomic mass is 19.1. The molecule has 1 aliphatic rings. The normalized spacial score (nSPS) is 17.0. The van der Waals surface area contributed by atoms with Gasteiger partial charge in [-0.05, 0) is 56.6 Å². The second kappa shape index (κ2) is 7.96. The Hall–Kier alpha value is -2.60. The number of hydrogen-bond donors (Lipinski definition) is 1. The number of anilines is 1. The lowest BCUT2D eigenvalue weighted by atomic mass is 9.90. The van der Waals surface area contributed by atoms with Gasteiger partial charge in [-0.25, -0.2) is 13.2 Å². The smallest absolute Gasteiger partial charge is 0.261 e. The second-order valence-corrected chi connectivity index (χ2v) is 6.90. The SMILES string of the molecule is CN(C)C1CC=C(c2cccc(NC(=O)c3c(F)cc(F)cc3F)c2)CC1. The van der Waals surface area contributed by atoms with E-state index in [1.807, 2.05) is 6.07 Å². The van der Waals surface area contributed by atoms with E-state index in [0.717, 1.165) is 24.8 Å². The maximum atomic E-state index is 13.8. The van der Waals surface area contributed by atoms with Gasteiger partial charge in [0.15, 0.2) is 0 Å². The fourth-order valence-electron chi connectivity index (χ4n) is 3.30. The van der Waals surface area contributed by atoms with Crippen molar-refractivity contribution in [3.05, 3.63) is 71.1 Å². The Morgan fingerprint density at radius 3 is 2.41 bits per heavy atom. The van der Waals surface area contributed by atoms with Crippen molar-refractivity contribution in [3.63, 3.8) is 0 Å². The van der Waals surface area contributed by atoms with Gasteiger partial charge >= 0.3 is 0 Å². The van der Waals surface area contributed by atoms with E-state index in [9.17, 15) is 18.0 Å². The molecule has 1 atom stereocenters. The van der Waals surface area contributed by atoms with Gasteiger partial charge in [-0.3, -0.25) is 4.79 Å². The average Bonchev–Trinajstić information content (AvgIpc) is 2.61. The van der Waals surface area contributed by atoms with Gasteiger partial charge in [-0.1, -0.05) is 18.2 Å². The molecule has 1 aliphatic carbocycles. The third-order valence-corrected chi connectivity index (χ3v) is 4.84. The quantitative estimate of drug-likeness (QED) is 0.829. The minimum atomic E-state index is -1.23. The van der Waals surface area contributed by atoms with Crippen LogP contribution in [0.1, 0.15) is 35.2 Å². The van der Waals surface area contributed by atoms with Crippen LogP contribution in [0, 0.1) is 17.5 Å². The Morgan fingerprint density at radius 1 is 1.11 bits per heavy atom. The molecule has 6 heteroatoms. The summed E-state index contributed by atoms with van der Waals surface area (Å²) in [5, 5.41) is 2.49. The number of nitrogens with one attached hydrogen (secondary N) is 1. The summed E-state index contributed by atoms with van der Waals surface area (Å²) in [4.78, 5) is 14.4. The predicted octanol–water partition coefficient (Wildman–Crippen LogP) is 4.85. The minimum Gasteiger partial charge on any atom is -0.322 e. The van der Waals surface area contributed by atoms with Crippen molar-refractivity contribution in [3.8, 4) is 0 Å². The van der Waals surface area contributed by atoms with Gasteiger partial charge in [0.05, 0.1) is 0 Å². The molecular formula is C21H21F3N2O. The molecule has 3 nitrogen and oxygen atoms in total. The third kappa shape index (κ3) is 4.39. The summed E-state index contributed by atoms with van der Waals surface area (Å²) in [6.45, 7) is 0. The lowest BCUT2D eigenvalue weighted by molar-refractivity contribution is 0.101. The van der Waals surface area contributed by atoms with Crippen molar-refractivity contribution in [1.82, 2.24) is 4.90 Å². The first-order valence-electron chi connectivity index (χ1n) is 8.77. The van der Waals surface area contributed by atoms with E-state index in [-0.39, 0.29) is 0 Å². The van der Waals surface area contributed by atoms with E-state index in [2.05, 4.69) is 30.4 Å². The van der Waals surface area contributed by atoms with Gasteiger partial charge in [-0.15, -0.1) is 0 Å². The number of rotatable bonds is 4. The van der Waals surface area contributed by atoms with Crippen LogP contribution < -0.4 is 5.32 Å². The summed E-state index contributed by atoms with van der Waals surface area (Å²) >= 11 is 0. The standard InChI is InChI=1S/C21H21F3N2O/c1-26(2)17-8-6-13(7-9-17)14-4-3-5-16(10-14)25-21(27)20-18(23)11-15(22)12-19(20)24/h3-6,10-12,17H,7-9H2,1-2H3,(H,25,27). The summed E-state index contributed by atoms with van der Waals surface area (Å²) in [6.07, 6.45) is 5.10. The monoisotopic (exact) mass is 374 g/mol. The first kappa shape index (κ1) is 19.2. The highest BCUT2D eigenvalue weighted by molar-refractivity contribution is 6.04. The fraction of sp³-hybridized carbons (Fsp3) is 0.286. The van der Waals surface area contributed by atoms with Gasteiger partial charge in [-0.2, -0.15) is 0 Å². The van der Waals surface area contributed by atoms with Gasteiger partial charge in [0.2, 0.25) is 0 Å². The van der Waals surface area contributed by atoms with Crippen LogP contribution in [-0.4, -0.2) is 30.9 Å². The molecule has 0 bridgehead atoms. The van der Waals surface area contributed by atoms with Crippen molar-refractivity contribution in [2.75, 3.05) is 19.4 Å². The van der Waals surface area contributed by atoms with Crippen molar-refractivity contribution in [2.24, 2.45) is 0 Å². The number of halogens is 3. The van der Waals surface area contributed by atoms with Crippen molar-refractivity contribution < 1.29 is 18.0 Å². The highest BCUT2D eigenvalue weighted by Crippen LogP contribution is 2.30. The molecular weight excluding hydrogens is 353 g/mol. The molecule has 1 unspecified atom stereocenters. The zero-order valence-corrected chi connectivity index (χ0v) is 15.2. The summed E-state index contributed by atoms with van der Waals surface area (Å²) in [7, 11) is 4.13. The van der Waals surface area contributed by atoms with E-state index < -0.39 is 28.9 Å². The third-order valence-electron chi connectivity index (χ3n) is 4.84. The molecule has 1 amide bonds. The Morgan fingerprint density at radius 2 is 1.81 bits per heavy atom.